The molecule has 0 spiro atoms. The number of anilines is 1. The normalized spacial score (nSPS) is 16.2. The Balaban J connectivity index is 2.16. The van der Waals surface area contributed by atoms with Gasteiger partial charge in [-0.3, -0.25) is 18.9 Å². The molecule has 0 aliphatic carbocycles. The van der Waals surface area contributed by atoms with Crippen LogP contribution in [0.5, 0.6) is 0 Å². The van der Waals surface area contributed by atoms with Gasteiger partial charge in [-0.15, -0.1) is 0 Å². The number of hydrogen-bond acceptors (Lipinski definition) is 6. The Morgan fingerprint density at radius 1 is 1.25 bits per heavy atom. The number of fused-ring (bicyclic) bond motifs is 1. The molecule has 3 rings (SSSR count). The Kier molecular flexibility index (Phi) is 5.90. The van der Waals surface area contributed by atoms with Crippen molar-refractivity contribution < 1.29 is 4.79 Å². The van der Waals surface area contributed by atoms with Crippen molar-refractivity contribution in [2.45, 2.75) is 40.7 Å². The fraction of sp³-hybridized carbons (Fsp3) is 0.400. The average Bonchev–Trinajstić information content (AvgIpc) is 2.90. The number of aryl methyl sites for hydroxylation is 1. The summed E-state index contributed by atoms with van der Waals surface area (Å²) in [6, 6.07) is 3.70. The number of thiocarbonyl (C=S) groups is 1. The van der Waals surface area contributed by atoms with Crippen molar-refractivity contribution in [1.82, 2.24) is 14.3 Å². The smallest absolute Gasteiger partial charge is 0.267 e. The molecule has 2 aromatic rings. The first-order valence-electron chi connectivity index (χ1n) is 9.23. The molecule has 1 fully saturated rings. The van der Waals surface area contributed by atoms with E-state index in [1.807, 2.05) is 32.9 Å². The van der Waals surface area contributed by atoms with Crippen LogP contribution in [0.3, 0.4) is 0 Å². The minimum atomic E-state index is -0.213. The maximum Gasteiger partial charge on any atom is 0.267 e. The molecule has 8 heteroatoms. The number of thioether (sulfide) groups is 1. The van der Waals surface area contributed by atoms with Gasteiger partial charge in [-0.25, -0.2) is 4.98 Å². The van der Waals surface area contributed by atoms with E-state index in [4.69, 9.17) is 12.2 Å². The molecule has 2 aromatic heterocycles. The minimum Gasteiger partial charge on any atom is -0.369 e. The predicted octanol–water partition coefficient (Wildman–Crippen LogP) is 3.68. The van der Waals surface area contributed by atoms with Gasteiger partial charge in [0.15, 0.2) is 0 Å². The van der Waals surface area contributed by atoms with E-state index in [-0.39, 0.29) is 17.5 Å². The molecule has 1 amide bonds. The van der Waals surface area contributed by atoms with Crippen LogP contribution in [0.1, 0.15) is 38.8 Å². The summed E-state index contributed by atoms with van der Waals surface area (Å²) in [6.07, 6.45) is 3.38. The van der Waals surface area contributed by atoms with Crippen molar-refractivity contribution in [2.24, 2.45) is 5.92 Å². The maximum atomic E-state index is 13.2. The molecule has 0 saturated carbocycles. The Bertz CT molecular complexity index is 1040. The van der Waals surface area contributed by atoms with Gasteiger partial charge in [0.2, 0.25) is 0 Å². The molecule has 0 aromatic carbocycles. The second-order valence-corrected chi connectivity index (χ2v) is 9.21. The van der Waals surface area contributed by atoms with E-state index < -0.39 is 0 Å². The number of nitrogens with zero attached hydrogens (tertiary/aromatic N) is 3. The van der Waals surface area contributed by atoms with E-state index in [0.29, 0.717) is 38.7 Å². The summed E-state index contributed by atoms with van der Waals surface area (Å²) in [6.45, 7) is 10.6. The zero-order valence-electron chi connectivity index (χ0n) is 16.6. The number of hydrogen-bond donors (Lipinski definition) is 1. The molecule has 28 heavy (non-hydrogen) atoms. The number of aromatic nitrogens is 2. The largest absolute Gasteiger partial charge is 0.369 e. The molecule has 0 unspecified atom stereocenters. The quantitative estimate of drug-likeness (QED) is 0.592. The molecule has 148 valence electrons. The molecule has 1 N–H and O–H groups in total. The van der Waals surface area contributed by atoms with E-state index in [1.165, 1.54) is 16.2 Å². The predicted molar refractivity (Wildman–Crippen MR) is 120 cm³/mol. The van der Waals surface area contributed by atoms with Crippen LogP contribution in [0.2, 0.25) is 0 Å². The Morgan fingerprint density at radius 2 is 1.96 bits per heavy atom. The van der Waals surface area contributed by atoms with Crippen LogP contribution in [0, 0.1) is 12.8 Å². The molecule has 0 atom stereocenters. The van der Waals surface area contributed by atoms with Gasteiger partial charge < -0.3 is 5.32 Å². The fourth-order valence-corrected chi connectivity index (χ4v) is 4.39. The zero-order valence-corrected chi connectivity index (χ0v) is 18.3. The van der Waals surface area contributed by atoms with E-state index in [9.17, 15) is 9.59 Å². The number of nitrogens with one attached hydrogen (secondary N) is 1. The van der Waals surface area contributed by atoms with Gasteiger partial charge in [0.05, 0.1) is 10.5 Å². The van der Waals surface area contributed by atoms with E-state index in [2.05, 4.69) is 24.1 Å². The monoisotopic (exact) mass is 416 g/mol. The Hall–Kier alpha value is -2.19. The molecule has 1 aliphatic heterocycles. The lowest BCUT2D eigenvalue weighted by Crippen LogP contribution is -2.34. The number of rotatable bonds is 5. The van der Waals surface area contributed by atoms with Crippen molar-refractivity contribution in [3.63, 3.8) is 0 Å². The lowest BCUT2D eigenvalue weighted by atomic mass is 10.2. The van der Waals surface area contributed by atoms with Gasteiger partial charge in [0.25, 0.3) is 11.5 Å². The second-order valence-electron chi connectivity index (χ2n) is 7.53. The van der Waals surface area contributed by atoms with Crippen LogP contribution in [0.4, 0.5) is 5.82 Å². The summed E-state index contributed by atoms with van der Waals surface area (Å²) in [5.74, 6) is 0.691. The van der Waals surface area contributed by atoms with Crippen LogP contribution in [-0.4, -0.2) is 37.1 Å². The van der Waals surface area contributed by atoms with Crippen molar-refractivity contribution in [1.29, 1.82) is 0 Å². The molecule has 6 nitrogen and oxygen atoms in total. The van der Waals surface area contributed by atoms with Gasteiger partial charge in [-0.2, -0.15) is 0 Å². The summed E-state index contributed by atoms with van der Waals surface area (Å²) >= 11 is 6.57. The lowest BCUT2D eigenvalue weighted by molar-refractivity contribution is -0.123. The van der Waals surface area contributed by atoms with Crippen molar-refractivity contribution in [3.8, 4) is 0 Å². The first-order valence-corrected chi connectivity index (χ1v) is 10.5. The van der Waals surface area contributed by atoms with Crippen LogP contribution in [-0.2, 0) is 4.79 Å². The molecular weight excluding hydrogens is 392 g/mol. The summed E-state index contributed by atoms with van der Waals surface area (Å²) in [5, 5.41) is 3.26. The highest BCUT2D eigenvalue weighted by Crippen LogP contribution is 2.34. The van der Waals surface area contributed by atoms with Crippen molar-refractivity contribution >= 4 is 51.7 Å². The van der Waals surface area contributed by atoms with Gasteiger partial charge in [-0.1, -0.05) is 43.9 Å². The third-order valence-corrected chi connectivity index (χ3v) is 5.63. The number of carbonyl (C=O) groups excluding carboxylic acids is 1. The highest BCUT2D eigenvalue weighted by Gasteiger charge is 2.34. The molecule has 0 bridgehead atoms. The summed E-state index contributed by atoms with van der Waals surface area (Å²) in [4.78, 5) is 32.6. The SMILES string of the molecule is Cc1ccc2nc(NCC(C)C)c(/C=C3\SC(=S)N(C(C)C)C3=O)c(=O)n2c1. The van der Waals surface area contributed by atoms with Crippen LogP contribution >= 0.6 is 24.0 Å². The first-order chi connectivity index (χ1) is 13.2. The summed E-state index contributed by atoms with van der Waals surface area (Å²) in [5.41, 5.74) is 1.67. The molecule has 1 aliphatic rings. The third-order valence-electron chi connectivity index (χ3n) is 4.30. The summed E-state index contributed by atoms with van der Waals surface area (Å²) < 4.78 is 2.03. The first kappa shape index (κ1) is 20.5. The molecular formula is C20H24N4O2S2. The Labute approximate surface area is 174 Å². The highest BCUT2D eigenvalue weighted by molar-refractivity contribution is 8.26. The lowest BCUT2D eigenvalue weighted by Gasteiger charge is -2.18. The van der Waals surface area contributed by atoms with Gasteiger partial charge in [-0.05, 0) is 44.4 Å². The topological polar surface area (TPSA) is 66.7 Å². The fourth-order valence-electron chi connectivity index (χ4n) is 2.88. The van der Waals surface area contributed by atoms with E-state index in [1.54, 1.807) is 17.2 Å². The number of pyridine rings is 1. The van der Waals surface area contributed by atoms with Gasteiger partial charge >= 0.3 is 0 Å². The summed E-state index contributed by atoms with van der Waals surface area (Å²) in [7, 11) is 0. The van der Waals surface area contributed by atoms with E-state index in [0.717, 1.165) is 5.56 Å². The van der Waals surface area contributed by atoms with Crippen LogP contribution < -0.4 is 10.9 Å². The highest BCUT2D eigenvalue weighted by atomic mass is 32.2. The van der Waals surface area contributed by atoms with Gasteiger partial charge in [0.1, 0.15) is 15.8 Å². The molecule has 3 heterocycles. The van der Waals surface area contributed by atoms with Gasteiger partial charge in [0, 0.05) is 18.8 Å². The zero-order chi connectivity index (χ0) is 20.6. The molecule has 0 radical (unpaired) electrons. The molecule has 1 saturated heterocycles. The maximum absolute atomic E-state index is 13.2. The average molecular weight is 417 g/mol. The van der Waals surface area contributed by atoms with E-state index >= 15 is 0 Å². The van der Waals surface area contributed by atoms with Crippen molar-refractivity contribution in [2.75, 3.05) is 11.9 Å². The number of amides is 1. The third kappa shape index (κ3) is 3.98. The number of carbonyl (C=O) groups is 1. The van der Waals surface area contributed by atoms with Crippen LogP contribution in [0.15, 0.2) is 28.0 Å². The van der Waals surface area contributed by atoms with Crippen LogP contribution in [0.25, 0.3) is 11.7 Å². The Morgan fingerprint density at radius 3 is 2.57 bits per heavy atom. The second kappa shape index (κ2) is 8.05. The van der Waals surface area contributed by atoms with Crippen molar-refractivity contribution in [3.05, 3.63) is 44.7 Å². The standard InChI is InChI=1S/C20H24N4O2S2/c1-11(2)9-21-17-14(8-15-19(26)24(12(3)4)20(27)28-15)18(25)23-10-13(5)6-7-16(23)22-17/h6-8,10-12,21H,9H2,1-5H3/b15-8-. The minimum absolute atomic E-state index is 0.0320.